The highest BCUT2D eigenvalue weighted by molar-refractivity contribution is 9.10. The largest absolute Gasteiger partial charge is 0.496 e. The van der Waals surface area contributed by atoms with E-state index >= 15 is 0 Å². The summed E-state index contributed by atoms with van der Waals surface area (Å²) in [6, 6.07) is 3.32. The van der Waals surface area contributed by atoms with Crippen LogP contribution in [-0.4, -0.2) is 18.8 Å². The molecule has 1 N–H and O–H groups in total. The Morgan fingerprint density at radius 3 is 2.79 bits per heavy atom. The zero-order valence-corrected chi connectivity index (χ0v) is 9.47. The van der Waals surface area contributed by atoms with Gasteiger partial charge >= 0.3 is 0 Å². The van der Waals surface area contributed by atoms with Crippen LogP contribution >= 0.6 is 15.9 Å². The Morgan fingerprint density at radius 2 is 2.21 bits per heavy atom. The molecule has 0 fully saturated rings. The average Bonchev–Trinajstić information content (AvgIpc) is 2.20. The summed E-state index contributed by atoms with van der Waals surface area (Å²) in [5.41, 5.74) is 0.510. The van der Waals surface area contributed by atoms with E-state index in [0.717, 1.165) is 0 Å². The molecule has 0 amide bonds. The van der Waals surface area contributed by atoms with Crippen molar-refractivity contribution in [2.24, 2.45) is 0 Å². The number of aliphatic hydroxyl groups excluding tert-OH is 1. The Labute approximate surface area is 90.8 Å². The summed E-state index contributed by atoms with van der Waals surface area (Å²) in [7, 11) is 1.51. The summed E-state index contributed by atoms with van der Waals surface area (Å²) in [6.45, 7) is 0.0507. The van der Waals surface area contributed by atoms with Gasteiger partial charge in [-0.15, -0.1) is 0 Å². The lowest BCUT2D eigenvalue weighted by Crippen LogP contribution is -1.98. The van der Waals surface area contributed by atoms with Crippen LogP contribution in [0.15, 0.2) is 16.6 Å². The summed E-state index contributed by atoms with van der Waals surface area (Å²) in [4.78, 5) is 0. The van der Waals surface area contributed by atoms with Crippen molar-refractivity contribution < 1.29 is 14.2 Å². The van der Waals surface area contributed by atoms with Gasteiger partial charge in [0.2, 0.25) is 0 Å². The number of benzene rings is 1. The van der Waals surface area contributed by atoms with E-state index in [1.807, 2.05) is 0 Å². The summed E-state index contributed by atoms with van der Waals surface area (Å²) < 4.78 is 19.0. The number of methoxy groups -OCH3 is 1. The highest BCUT2D eigenvalue weighted by Crippen LogP contribution is 2.28. The lowest BCUT2D eigenvalue weighted by Gasteiger charge is -2.09. The molecule has 0 aromatic heterocycles. The molecular weight excluding hydrogens is 251 g/mol. The van der Waals surface area contributed by atoms with Crippen molar-refractivity contribution in [3.05, 3.63) is 28.0 Å². The summed E-state index contributed by atoms with van der Waals surface area (Å²) in [5, 5.41) is 8.68. The van der Waals surface area contributed by atoms with Gasteiger partial charge in [-0.25, -0.2) is 4.39 Å². The van der Waals surface area contributed by atoms with Gasteiger partial charge in [0.05, 0.1) is 11.6 Å². The van der Waals surface area contributed by atoms with Gasteiger partial charge in [-0.2, -0.15) is 0 Å². The second-order valence-electron chi connectivity index (χ2n) is 2.87. The number of hydrogen-bond acceptors (Lipinski definition) is 2. The van der Waals surface area contributed by atoms with Crippen molar-refractivity contribution in [2.75, 3.05) is 13.7 Å². The number of rotatable bonds is 4. The van der Waals surface area contributed by atoms with Crippen LogP contribution in [0.2, 0.25) is 0 Å². The van der Waals surface area contributed by atoms with Crippen molar-refractivity contribution in [3.8, 4) is 5.75 Å². The molecule has 0 aliphatic rings. The van der Waals surface area contributed by atoms with E-state index in [1.165, 1.54) is 7.11 Å². The van der Waals surface area contributed by atoms with E-state index in [0.29, 0.717) is 28.6 Å². The van der Waals surface area contributed by atoms with E-state index in [9.17, 15) is 4.39 Å². The quantitative estimate of drug-likeness (QED) is 0.904. The Bertz CT molecular complexity index is 315. The van der Waals surface area contributed by atoms with Gasteiger partial charge in [-0.3, -0.25) is 0 Å². The van der Waals surface area contributed by atoms with Gasteiger partial charge < -0.3 is 9.84 Å². The molecule has 0 bridgehead atoms. The number of ether oxygens (including phenoxy) is 1. The Balaban J connectivity index is 3.01. The third-order valence-corrected chi connectivity index (χ3v) is 2.57. The molecule has 0 atom stereocenters. The molecule has 1 aromatic carbocycles. The molecule has 0 saturated heterocycles. The highest BCUT2D eigenvalue weighted by Gasteiger charge is 2.11. The van der Waals surface area contributed by atoms with Gasteiger partial charge in [-0.1, -0.05) is 0 Å². The maximum atomic E-state index is 13.6. The van der Waals surface area contributed by atoms with Crippen LogP contribution in [0, 0.1) is 5.82 Å². The smallest absolute Gasteiger partial charge is 0.144 e. The van der Waals surface area contributed by atoms with Crippen LogP contribution in [0.3, 0.4) is 0 Å². The topological polar surface area (TPSA) is 29.5 Å². The molecule has 1 rings (SSSR count). The number of aliphatic hydroxyl groups is 1. The maximum absolute atomic E-state index is 13.6. The lowest BCUT2D eigenvalue weighted by atomic mass is 10.1. The molecule has 0 heterocycles. The van der Waals surface area contributed by atoms with Crippen molar-refractivity contribution in [3.63, 3.8) is 0 Å². The van der Waals surface area contributed by atoms with E-state index in [-0.39, 0.29) is 12.4 Å². The molecule has 78 valence electrons. The molecule has 0 unspecified atom stereocenters. The van der Waals surface area contributed by atoms with Crippen molar-refractivity contribution in [1.82, 2.24) is 0 Å². The minimum Gasteiger partial charge on any atom is -0.496 e. The Morgan fingerprint density at radius 1 is 1.50 bits per heavy atom. The van der Waals surface area contributed by atoms with Gasteiger partial charge in [0.15, 0.2) is 0 Å². The number of halogens is 2. The predicted octanol–water partition coefficient (Wildman–Crippen LogP) is 2.52. The minimum absolute atomic E-state index is 0.0507. The molecular formula is C10H12BrFO2. The molecule has 2 nitrogen and oxygen atoms in total. The summed E-state index contributed by atoms with van der Waals surface area (Å²) >= 11 is 3.11. The summed E-state index contributed by atoms with van der Waals surface area (Å²) in [5.74, 6) is 0.219. The van der Waals surface area contributed by atoms with Gasteiger partial charge in [0.25, 0.3) is 0 Å². The number of hydrogen-bond donors (Lipinski definition) is 1. The van der Waals surface area contributed by atoms with E-state index in [4.69, 9.17) is 9.84 Å². The maximum Gasteiger partial charge on any atom is 0.144 e. The van der Waals surface area contributed by atoms with Crippen LogP contribution in [0.25, 0.3) is 0 Å². The molecule has 0 spiro atoms. The van der Waals surface area contributed by atoms with E-state index in [1.54, 1.807) is 12.1 Å². The average molecular weight is 263 g/mol. The second-order valence-corrected chi connectivity index (χ2v) is 3.72. The van der Waals surface area contributed by atoms with Gasteiger partial charge in [-0.05, 0) is 40.9 Å². The Kier molecular flexibility index (Phi) is 4.35. The summed E-state index contributed by atoms with van der Waals surface area (Å²) in [6.07, 6.45) is 1.01. The van der Waals surface area contributed by atoms with E-state index in [2.05, 4.69) is 15.9 Å². The molecule has 0 radical (unpaired) electrons. The minimum atomic E-state index is -0.308. The van der Waals surface area contributed by atoms with Crippen molar-refractivity contribution in [2.45, 2.75) is 12.8 Å². The molecule has 0 aliphatic carbocycles. The highest BCUT2D eigenvalue weighted by atomic mass is 79.9. The molecule has 0 aliphatic heterocycles. The van der Waals surface area contributed by atoms with Crippen LogP contribution in [-0.2, 0) is 6.42 Å². The molecule has 0 saturated carbocycles. The van der Waals surface area contributed by atoms with Gasteiger partial charge in [0.1, 0.15) is 11.6 Å². The van der Waals surface area contributed by atoms with Crippen molar-refractivity contribution in [1.29, 1.82) is 0 Å². The Hall–Kier alpha value is -0.610. The fraction of sp³-hybridized carbons (Fsp3) is 0.400. The van der Waals surface area contributed by atoms with Gasteiger partial charge in [0, 0.05) is 12.2 Å². The lowest BCUT2D eigenvalue weighted by molar-refractivity contribution is 0.287. The second kappa shape index (κ2) is 5.32. The standard InChI is InChI=1S/C10H12BrFO2/c1-14-9-5-4-8(11)10(12)7(9)3-2-6-13/h4-5,13H,2-3,6H2,1H3. The zero-order valence-electron chi connectivity index (χ0n) is 7.89. The predicted molar refractivity (Wildman–Crippen MR) is 56.1 cm³/mol. The first-order chi connectivity index (χ1) is 6.70. The fourth-order valence-corrected chi connectivity index (χ4v) is 1.63. The third kappa shape index (κ3) is 2.45. The first-order valence-corrected chi connectivity index (χ1v) is 5.11. The first-order valence-electron chi connectivity index (χ1n) is 4.32. The monoisotopic (exact) mass is 262 g/mol. The van der Waals surface area contributed by atoms with E-state index < -0.39 is 0 Å². The molecule has 14 heavy (non-hydrogen) atoms. The fourth-order valence-electron chi connectivity index (χ4n) is 1.25. The molecule has 4 heteroatoms. The third-order valence-electron chi connectivity index (χ3n) is 1.96. The molecule has 1 aromatic rings. The zero-order chi connectivity index (χ0) is 10.6. The van der Waals surface area contributed by atoms with Crippen LogP contribution in [0.5, 0.6) is 5.75 Å². The normalized spacial score (nSPS) is 10.3. The van der Waals surface area contributed by atoms with Crippen molar-refractivity contribution >= 4 is 15.9 Å². The van der Waals surface area contributed by atoms with Crippen LogP contribution in [0.4, 0.5) is 4.39 Å². The van der Waals surface area contributed by atoms with Crippen LogP contribution < -0.4 is 4.74 Å². The first kappa shape index (κ1) is 11.5. The SMILES string of the molecule is COc1ccc(Br)c(F)c1CCCO. The van der Waals surface area contributed by atoms with Crippen LogP contribution in [0.1, 0.15) is 12.0 Å².